The third kappa shape index (κ3) is 48.1. The van der Waals surface area contributed by atoms with Gasteiger partial charge in [-0.15, -0.1) is 0 Å². The number of allylic oxidation sites excluding steroid dienone is 8. The number of aliphatic hydroxyl groups is 2. The molecule has 3 N–H and O–H groups in total. The average molecular weight is 913 g/mol. The molecule has 0 heterocycles. The Morgan fingerprint density at radius 1 is 0.446 bits per heavy atom. The zero-order chi connectivity index (χ0) is 47.4. The molecule has 0 saturated carbocycles. The zero-order valence-corrected chi connectivity index (χ0v) is 43.4. The Morgan fingerprint density at radius 2 is 0.785 bits per heavy atom. The summed E-state index contributed by atoms with van der Waals surface area (Å²) < 4.78 is 5.95. The molecule has 0 saturated heterocycles. The highest BCUT2D eigenvalue weighted by Gasteiger charge is 2.24. The van der Waals surface area contributed by atoms with E-state index >= 15 is 0 Å². The van der Waals surface area contributed by atoms with Crippen LogP contribution < -0.4 is 5.32 Å². The third-order valence-electron chi connectivity index (χ3n) is 12.9. The van der Waals surface area contributed by atoms with Crippen LogP contribution in [0.1, 0.15) is 290 Å². The predicted octanol–water partition coefficient (Wildman–Crippen LogP) is 17.4. The lowest BCUT2D eigenvalue weighted by molar-refractivity contribution is -0.151. The van der Waals surface area contributed by atoms with Gasteiger partial charge in [-0.05, 0) is 70.6 Å². The van der Waals surface area contributed by atoms with E-state index in [0.29, 0.717) is 19.3 Å². The van der Waals surface area contributed by atoms with Crippen LogP contribution in [0, 0.1) is 0 Å². The number of amides is 1. The minimum absolute atomic E-state index is 0.0677. The van der Waals surface area contributed by atoms with Crippen molar-refractivity contribution in [3.05, 3.63) is 48.6 Å². The van der Waals surface area contributed by atoms with Gasteiger partial charge in [0.1, 0.15) is 6.10 Å². The number of esters is 1. The first-order valence-corrected chi connectivity index (χ1v) is 28.4. The van der Waals surface area contributed by atoms with Crippen molar-refractivity contribution in [3.8, 4) is 0 Å². The van der Waals surface area contributed by atoms with Crippen LogP contribution in [-0.2, 0) is 14.3 Å². The zero-order valence-electron chi connectivity index (χ0n) is 43.4. The fourth-order valence-electron chi connectivity index (χ4n) is 8.59. The molecule has 0 aromatic rings. The van der Waals surface area contributed by atoms with Crippen LogP contribution in [0.25, 0.3) is 0 Å². The topological polar surface area (TPSA) is 95.9 Å². The number of carbonyl (C=O) groups is 2. The maximum Gasteiger partial charge on any atom is 0.306 e. The van der Waals surface area contributed by atoms with E-state index in [2.05, 4.69) is 74.7 Å². The normalized spacial score (nSPS) is 13.5. The second kappa shape index (κ2) is 52.8. The number of nitrogens with one attached hydrogen (secondary N) is 1. The van der Waals surface area contributed by atoms with E-state index in [0.717, 1.165) is 77.0 Å². The average Bonchev–Trinajstić information content (AvgIpc) is 3.30. The van der Waals surface area contributed by atoms with Gasteiger partial charge >= 0.3 is 5.97 Å². The van der Waals surface area contributed by atoms with Gasteiger partial charge in [-0.3, -0.25) is 9.59 Å². The summed E-state index contributed by atoms with van der Waals surface area (Å²) in [6, 6.07) is -0.707. The Labute approximate surface area is 404 Å². The maximum absolute atomic E-state index is 13.2. The predicted molar refractivity (Wildman–Crippen MR) is 282 cm³/mol. The standard InChI is InChI=1S/C59H109NO5/c1-4-7-10-13-16-19-22-25-27-28-29-30-31-34-37-40-43-46-49-52-59(64)65-55(50-47-44-41-38-35-33-26-23-20-17-14-11-8-5-2)53-58(63)60-56(54-61)57(62)51-48-45-42-39-36-32-24-21-18-15-12-9-6-3/h16,19,25,27,29-30,34,37,55-57,61-62H,4-15,17-18,20-24,26,28,31-33,35-36,38-54H2,1-3H3,(H,60,63)/b19-16-,27-25-,30-29-,37-34-. The molecule has 0 fully saturated rings. The van der Waals surface area contributed by atoms with Crippen molar-refractivity contribution in [2.75, 3.05) is 6.61 Å². The Balaban J connectivity index is 4.59. The minimum Gasteiger partial charge on any atom is -0.462 e. The number of rotatable bonds is 51. The van der Waals surface area contributed by atoms with Crippen LogP contribution in [0.2, 0.25) is 0 Å². The molecule has 0 aliphatic rings. The lowest BCUT2D eigenvalue weighted by atomic mass is 10.0. The van der Waals surface area contributed by atoms with Crippen molar-refractivity contribution in [1.29, 1.82) is 0 Å². The van der Waals surface area contributed by atoms with Gasteiger partial charge in [0.15, 0.2) is 0 Å². The number of hydrogen-bond acceptors (Lipinski definition) is 5. The van der Waals surface area contributed by atoms with Crippen molar-refractivity contribution in [2.45, 2.75) is 309 Å². The highest BCUT2D eigenvalue weighted by atomic mass is 16.5. The summed E-state index contributed by atoms with van der Waals surface area (Å²) in [6.45, 7) is 6.47. The van der Waals surface area contributed by atoms with E-state index in [1.54, 1.807) is 0 Å². The Morgan fingerprint density at radius 3 is 1.20 bits per heavy atom. The molecule has 0 rings (SSSR count). The first kappa shape index (κ1) is 62.8. The van der Waals surface area contributed by atoms with Gasteiger partial charge in [-0.2, -0.15) is 0 Å². The Hall–Kier alpha value is -2.18. The number of ether oxygens (including phenoxy) is 1. The van der Waals surface area contributed by atoms with Crippen LogP contribution >= 0.6 is 0 Å². The fourth-order valence-corrected chi connectivity index (χ4v) is 8.59. The maximum atomic E-state index is 13.2. The molecule has 6 heteroatoms. The van der Waals surface area contributed by atoms with Crippen molar-refractivity contribution in [1.82, 2.24) is 5.32 Å². The van der Waals surface area contributed by atoms with Gasteiger partial charge in [0.25, 0.3) is 0 Å². The lowest BCUT2D eigenvalue weighted by Crippen LogP contribution is -2.46. The molecule has 0 radical (unpaired) electrons. The second-order valence-electron chi connectivity index (χ2n) is 19.3. The van der Waals surface area contributed by atoms with Crippen molar-refractivity contribution >= 4 is 11.9 Å². The number of hydrogen-bond donors (Lipinski definition) is 3. The molecule has 3 unspecified atom stereocenters. The van der Waals surface area contributed by atoms with Crippen LogP contribution in [0.15, 0.2) is 48.6 Å². The monoisotopic (exact) mass is 912 g/mol. The molecule has 0 bridgehead atoms. The molecular weight excluding hydrogens is 803 g/mol. The van der Waals surface area contributed by atoms with E-state index in [1.807, 2.05) is 0 Å². The summed E-state index contributed by atoms with van der Waals surface area (Å²) in [6.07, 6.45) is 64.5. The Bertz CT molecular complexity index is 1110. The van der Waals surface area contributed by atoms with Crippen molar-refractivity contribution < 1.29 is 24.5 Å². The van der Waals surface area contributed by atoms with Crippen LogP contribution in [0.5, 0.6) is 0 Å². The molecule has 0 aliphatic carbocycles. The molecule has 6 nitrogen and oxygen atoms in total. The summed E-state index contributed by atoms with van der Waals surface area (Å²) in [7, 11) is 0. The number of carbonyl (C=O) groups excluding carboxylic acids is 2. The van der Waals surface area contributed by atoms with E-state index in [1.165, 1.54) is 167 Å². The van der Waals surface area contributed by atoms with E-state index in [-0.39, 0.29) is 24.9 Å². The summed E-state index contributed by atoms with van der Waals surface area (Å²) in [5.41, 5.74) is 0. The van der Waals surface area contributed by atoms with Gasteiger partial charge in [-0.25, -0.2) is 0 Å². The Kier molecular flexibility index (Phi) is 51.0. The lowest BCUT2D eigenvalue weighted by Gasteiger charge is -2.24. The van der Waals surface area contributed by atoms with Crippen LogP contribution in [-0.4, -0.2) is 46.9 Å². The summed E-state index contributed by atoms with van der Waals surface area (Å²) in [5, 5.41) is 23.8. The highest BCUT2D eigenvalue weighted by molar-refractivity contribution is 5.77. The van der Waals surface area contributed by atoms with Gasteiger partial charge in [0.2, 0.25) is 5.91 Å². The molecule has 65 heavy (non-hydrogen) atoms. The number of unbranched alkanes of at least 4 members (excludes halogenated alkanes) is 31. The first-order chi connectivity index (χ1) is 32.0. The molecular formula is C59H109NO5. The number of aliphatic hydroxyl groups excluding tert-OH is 2. The molecule has 380 valence electrons. The molecule has 0 aromatic heterocycles. The second-order valence-corrected chi connectivity index (χ2v) is 19.3. The van der Waals surface area contributed by atoms with Gasteiger partial charge in [0.05, 0.1) is 25.2 Å². The van der Waals surface area contributed by atoms with E-state index < -0.39 is 18.2 Å². The largest absolute Gasteiger partial charge is 0.462 e. The molecule has 1 amide bonds. The first-order valence-electron chi connectivity index (χ1n) is 28.4. The van der Waals surface area contributed by atoms with Crippen LogP contribution in [0.3, 0.4) is 0 Å². The highest BCUT2D eigenvalue weighted by Crippen LogP contribution is 2.18. The molecule has 3 atom stereocenters. The fraction of sp³-hybridized carbons (Fsp3) is 0.831. The van der Waals surface area contributed by atoms with Gasteiger partial charge < -0.3 is 20.3 Å². The summed E-state index contributed by atoms with van der Waals surface area (Å²) in [5.74, 6) is -0.498. The van der Waals surface area contributed by atoms with Crippen LogP contribution in [0.4, 0.5) is 0 Å². The molecule has 0 spiro atoms. The van der Waals surface area contributed by atoms with Crippen molar-refractivity contribution in [2.24, 2.45) is 0 Å². The van der Waals surface area contributed by atoms with E-state index in [9.17, 15) is 19.8 Å². The summed E-state index contributed by atoms with van der Waals surface area (Å²) in [4.78, 5) is 26.2. The third-order valence-corrected chi connectivity index (χ3v) is 12.9. The minimum atomic E-state index is -0.792. The summed E-state index contributed by atoms with van der Waals surface area (Å²) >= 11 is 0. The SMILES string of the molecule is CCCCC/C=C\C/C=C\C/C=C\C/C=C\CCCCCC(=O)OC(CCCCCCCCCCCCCCCC)CC(=O)NC(CO)C(O)CCCCCCCCCCCCCCC. The van der Waals surface area contributed by atoms with E-state index in [4.69, 9.17) is 4.74 Å². The van der Waals surface area contributed by atoms with Gasteiger partial charge in [0, 0.05) is 6.42 Å². The molecule has 0 aromatic carbocycles. The van der Waals surface area contributed by atoms with Crippen molar-refractivity contribution in [3.63, 3.8) is 0 Å². The molecule has 0 aliphatic heterocycles. The smallest absolute Gasteiger partial charge is 0.306 e. The van der Waals surface area contributed by atoms with Gasteiger partial charge in [-0.1, -0.05) is 256 Å². The quantitative estimate of drug-likeness (QED) is 0.0321.